The molecule has 3 heteroatoms. The van der Waals surface area contributed by atoms with Crippen LogP contribution < -0.4 is 0 Å². The van der Waals surface area contributed by atoms with Crippen LogP contribution in [0.3, 0.4) is 0 Å². The van der Waals surface area contributed by atoms with Gasteiger partial charge in [-0.25, -0.2) is 0 Å². The van der Waals surface area contributed by atoms with E-state index in [0.717, 1.165) is 25.6 Å². The lowest BCUT2D eigenvalue weighted by Gasteiger charge is -2.23. The first-order valence-corrected chi connectivity index (χ1v) is 6.30. The molecule has 1 fully saturated rings. The quantitative estimate of drug-likeness (QED) is 0.611. The van der Waals surface area contributed by atoms with Gasteiger partial charge in [0.1, 0.15) is 0 Å². The minimum absolute atomic E-state index is 0.468. The number of nitrogens with zero attached hydrogens (tertiary/aromatic N) is 1. The second kappa shape index (κ2) is 7.49. The van der Waals surface area contributed by atoms with Crippen LogP contribution >= 0.6 is 11.6 Å². The Morgan fingerprint density at radius 1 is 1.43 bits per heavy atom. The van der Waals surface area contributed by atoms with Crippen LogP contribution in [0.4, 0.5) is 0 Å². The molecule has 1 aliphatic rings. The van der Waals surface area contributed by atoms with E-state index in [1.807, 2.05) is 0 Å². The van der Waals surface area contributed by atoms with Gasteiger partial charge in [-0.2, -0.15) is 0 Å². The van der Waals surface area contributed by atoms with Crippen molar-refractivity contribution in [2.75, 3.05) is 32.1 Å². The second-order valence-corrected chi connectivity index (χ2v) is 4.36. The third kappa shape index (κ3) is 4.63. The van der Waals surface area contributed by atoms with Gasteiger partial charge < -0.3 is 4.74 Å². The smallest absolute Gasteiger partial charge is 0.0702 e. The molecule has 1 atom stereocenters. The molecule has 14 heavy (non-hydrogen) atoms. The van der Waals surface area contributed by atoms with Crippen molar-refractivity contribution >= 4 is 11.6 Å². The van der Waals surface area contributed by atoms with Crippen molar-refractivity contribution < 1.29 is 4.74 Å². The van der Waals surface area contributed by atoms with Gasteiger partial charge in [0.2, 0.25) is 0 Å². The van der Waals surface area contributed by atoms with Crippen molar-refractivity contribution in [3.05, 3.63) is 0 Å². The SMILES string of the molecule is CCCCN(CCCl)CC1CCCO1. The normalized spacial score (nSPS) is 22.1. The molecule has 0 bridgehead atoms. The summed E-state index contributed by atoms with van der Waals surface area (Å²) in [6.07, 6.45) is 5.45. The molecule has 84 valence electrons. The van der Waals surface area contributed by atoms with Crippen molar-refractivity contribution in [3.8, 4) is 0 Å². The summed E-state index contributed by atoms with van der Waals surface area (Å²) < 4.78 is 5.62. The Balaban J connectivity index is 2.18. The summed E-state index contributed by atoms with van der Waals surface area (Å²) >= 11 is 5.78. The van der Waals surface area contributed by atoms with Gasteiger partial charge in [-0.1, -0.05) is 13.3 Å². The maximum Gasteiger partial charge on any atom is 0.0702 e. The standard InChI is InChI=1S/C11H22ClNO/c1-2-3-7-13(8-6-12)10-11-5-4-9-14-11/h11H,2-10H2,1H3. The summed E-state index contributed by atoms with van der Waals surface area (Å²) in [4.78, 5) is 2.44. The first kappa shape index (κ1) is 12.3. The van der Waals surface area contributed by atoms with Gasteiger partial charge in [-0.05, 0) is 25.8 Å². The molecule has 1 heterocycles. The molecule has 1 rings (SSSR count). The Labute approximate surface area is 92.6 Å². The van der Waals surface area contributed by atoms with Crippen molar-refractivity contribution in [1.82, 2.24) is 4.90 Å². The lowest BCUT2D eigenvalue weighted by Crippen LogP contribution is -2.34. The fraction of sp³-hybridized carbons (Fsp3) is 1.00. The Kier molecular flexibility index (Phi) is 6.57. The van der Waals surface area contributed by atoms with Crippen molar-refractivity contribution in [1.29, 1.82) is 0 Å². The maximum absolute atomic E-state index is 5.78. The zero-order valence-corrected chi connectivity index (χ0v) is 9.93. The molecule has 1 saturated heterocycles. The Hall–Kier alpha value is 0.210. The Morgan fingerprint density at radius 3 is 2.86 bits per heavy atom. The zero-order valence-electron chi connectivity index (χ0n) is 9.17. The number of hydrogen-bond donors (Lipinski definition) is 0. The van der Waals surface area contributed by atoms with Gasteiger partial charge in [0, 0.05) is 25.6 Å². The third-order valence-electron chi connectivity index (χ3n) is 2.71. The molecule has 0 radical (unpaired) electrons. The van der Waals surface area contributed by atoms with Crippen LogP contribution in [0, 0.1) is 0 Å². The fourth-order valence-electron chi connectivity index (χ4n) is 1.87. The van der Waals surface area contributed by atoms with Gasteiger partial charge in [-0.3, -0.25) is 4.90 Å². The average molecular weight is 220 g/mol. The molecule has 0 amide bonds. The average Bonchev–Trinajstić information content (AvgIpc) is 2.67. The molecule has 0 N–H and O–H groups in total. The Morgan fingerprint density at radius 2 is 2.29 bits per heavy atom. The van der Waals surface area contributed by atoms with Crippen LogP contribution in [0.15, 0.2) is 0 Å². The zero-order chi connectivity index (χ0) is 10.2. The molecule has 0 aromatic rings. The Bertz CT molecular complexity index is 137. The fourth-order valence-corrected chi connectivity index (χ4v) is 2.11. The third-order valence-corrected chi connectivity index (χ3v) is 2.88. The van der Waals surface area contributed by atoms with Crippen molar-refractivity contribution in [3.63, 3.8) is 0 Å². The van der Waals surface area contributed by atoms with E-state index in [9.17, 15) is 0 Å². The lowest BCUT2D eigenvalue weighted by atomic mass is 10.2. The predicted molar refractivity (Wildman–Crippen MR) is 61.0 cm³/mol. The molecule has 0 aromatic heterocycles. The largest absolute Gasteiger partial charge is 0.377 e. The number of hydrogen-bond acceptors (Lipinski definition) is 2. The first-order chi connectivity index (χ1) is 6.86. The predicted octanol–water partition coefficient (Wildman–Crippen LogP) is 2.51. The number of ether oxygens (including phenoxy) is 1. The van der Waals surface area contributed by atoms with Gasteiger partial charge in [-0.15, -0.1) is 11.6 Å². The molecule has 1 aliphatic heterocycles. The van der Waals surface area contributed by atoms with Crippen LogP contribution in [-0.2, 0) is 4.74 Å². The van der Waals surface area contributed by atoms with Crippen LogP contribution in [0.25, 0.3) is 0 Å². The highest BCUT2D eigenvalue weighted by atomic mass is 35.5. The minimum atomic E-state index is 0.468. The highest BCUT2D eigenvalue weighted by Gasteiger charge is 2.18. The van der Waals surface area contributed by atoms with E-state index in [-0.39, 0.29) is 0 Å². The van der Waals surface area contributed by atoms with Crippen LogP contribution in [-0.4, -0.2) is 43.1 Å². The summed E-state index contributed by atoms with van der Waals surface area (Å²) in [5.74, 6) is 0.733. The van der Waals surface area contributed by atoms with E-state index < -0.39 is 0 Å². The van der Waals surface area contributed by atoms with Gasteiger partial charge in [0.15, 0.2) is 0 Å². The molecule has 0 saturated carbocycles. The highest BCUT2D eigenvalue weighted by molar-refractivity contribution is 6.18. The number of rotatable bonds is 7. The maximum atomic E-state index is 5.78. The molecular formula is C11H22ClNO. The van der Waals surface area contributed by atoms with Crippen LogP contribution in [0.2, 0.25) is 0 Å². The molecular weight excluding hydrogens is 198 g/mol. The minimum Gasteiger partial charge on any atom is -0.377 e. The van der Waals surface area contributed by atoms with Crippen LogP contribution in [0.5, 0.6) is 0 Å². The number of alkyl halides is 1. The molecule has 0 spiro atoms. The van der Waals surface area contributed by atoms with Crippen LogP contribution in [0.1, 0.15) is 32.6 Å². The summed E-state index contributed by atoms with van der Waals surface area (Å²) in [6, 6.07) is 0. The highest BCUT2D eigenvalue weighted by Crippen LogP contribution is 2.13. The molecule has 1 unspecified atom stereocenters. The first-order valence-electron chi connectivity index (χ1n) is 5.76. The summed E-state index contributed by atoms with van der Waals surface area (Å²) in [7, 11) is 0. The van der Waals surface area contributed by atoms with E-state index in [1.54, 1.807) is 0 Å². The van der Waals surface area contributed by atoms with Gasteiger partial charge in [0.05, 0.1) is 6.10 Å². The number of unbranched alkanes of at least 4 members (excludes halogenated alkanes) is 1. The van der Waals surface area contributed by atoms with E-state index >= 15 is 0 Å². The van der Waals surface area contributed by atoms with E-state index in [4.69, 9.17) is 16.3 Å². The monoisotopic (exact) mass is 219 g/mol. The summed E-state index contributed by atoms with van der Waals surface area (Å²) in [6.45, 7) is 6.43. The number of halogens is 1. The molecule has 0 aromatic carbocycles. The summed E-state index contributed by atoms with van der Waals surface area (Å²) in [5.41, 5.74) is 0. The van der Waals surface area contributed by atoms with Crippen molar-refractivity contribution in [2.45, 2.75) is 38.7 Å². The topological polar surface area (TPSA) is 12.5 Å². The molecule has 0 aliphatic carbocycles. The summed E-state index contributed by atoms with van der Waals surface area (Å²) in [5, 5.41) is 0. The van der Waals surface area contributed by atoms with E-state index in [2.05, 4.69) is 11.8 Å². The van der Waals surface area contributed by atoms with E-state index in [1.165, 1.54) is 32.2 Å². The second-order valence-electron chi connectivity index (χ2n) is 3.98. The lowest BCUT2D eigenvalue weighted by molar-refractivity contribution is 0.0747. The van der Waals surface area contributed by atoms with Crippen molar-refractivity contribution in [2.24, 2.45) is 0 Å². The molecule has 2 nitrogen and oxygen atoms in total. The van der Waals surface area contributed by atoms with Gasteiger partial charge >= 0.3 is 0 Å². The van der Waals surface area contributed by atoms with Gasteiger partial charge in [0.25, 0.3) is 0 Å². The van der Waals surface area contributed by atoms with E-state index in [0.29, 0.717) is 6.10 Å².